The summed E-state index contributed by atoms with van der Waals surface area (Å²) >= 11 is 0. The van der Waals surface area contributed by atoms with Gasteiger partial charge in [-0.2, -0.15) is 0 Å². The lowest BCUT2D eigenvalue weighted by Crippen LogP contribution is -2.33. The van der Waals surface area contributed by atoms with Crippen LogP contribution in [-0.2, 0) is 9.53 Å². The van der Waals surface area contributed by atoms with Crippen LogP contribution < -0.4 is 5.48 Å². The molecule has 2 unspecified atom stereocenters. The summed E-state index contributed by atoms with van der Waals surface area (Å²) < 4.78 is 4.86. The molecule has 0 aliphatic heterocycles. The minimum atomic E-state index is -0.422. The maximum atomic E-state index is 10.7. The summed E-state index contributed by atoms with van der Waals surface area (Å²) in [5.74, 6) is -0.746. The van der Waals surface area contributed by atoms with Gasteiger partial charge in [0.15, 0.2) is 0 Å². The third-order valence-electron chi connectivity index (χ3n) is 1.60. The van der Waals surface area contributed by atoms with Crippen molar-refractivity contribution in [1.82, 2.24) is 5.48 Å². The van der Waals surface area contributed by atoms with Crippen LogP contribution in [0.5, 0.6) is 0 Å². The smallest absolute Gasteiger partial charge is 0.248 e. The van der Waals surface area contributed by atoms with Gasteiger partial charge in [-0.1, -0.05) is 6.92 Å². The van der Waals surface area contributed by atoms with Crippen LogP contribution in [0.2, 0.25) is 0 Å². The molecule has 2 atom stereocenters. The van der Waals surface area contributed by atoms with Crippen LogP contribution in [0.15, 0.2) is 0 Å². The van der Waals surface area contributed by atoms with Gasteiger partial charge in [0.25, 0.3) is 0 Å². The molecule has 0 saturated heterocycles. The Bertz CT molecular complexity index is 116. The third kappa shape index (κ3) is 2.33. The number of amides is 1. The van der Waals surface area contributed by atoms with Crippen LogP contribution in [0.4, 0.5) is 0 Å². The lowest BCUT2D eigenvalue weighted by Gasteiger charge is -2.15. The lowest BCUT2D eigenvalue weighted by molar-refractivity contribution is -0.136. The van der Waals surface area contributed by atoms with Gasteiger partial charge in [0.2, 0.25) is 5.91 Å². The monoisotopic (exact) mass is 147 g/mol. The number of rotatable bonds is 3. The maximum Gasteiger partial charge on any atom is 0.248 e. The van der Waals surface area contributed by atoms with Crippen LogP contribution in [0.1, 0.15) is 13.8 Å². The normalized spacial score (nSPS) is 16.0. The van der Waals surface area contributed by atoms with Crippen molar-refractivity contribution >= 4 is 5.91 Å². The van der Waals surface area contributed by atoms with Gasteiger partial charge in [-0.15, -0.1) is 0 Å². The summed E-state index contributed by atoms with van der Waals surface area (Å²) in [5, 5.41) is 8.19. The summed E-state index contributed by atoms with van der Waals surface area (Å²) in [6, 6.07) is 0. The molecule has 1 amide bonds. The molecule has 0 radical (unpaired) electrons. The average molecular weight is 147 g/mol. The molecule has 2 N–H and O–H groups in total. The maximum absolute atomic E-state index is 10.7. The van der Waals surface area contributed by atoms with Crippen molar-refractivity contribution in [1.29, 1.82) is 0 Å². The topological polar surface area (TPSA) is 58.6 Å². The molecule has 0 aliphatic rings. The molecule has 0 aliphatic carbocycles. The minimum Gasteiger partial charge on any atom is -0.381 e. The third-order valence-corrected chi connectivity index (χ3v) is 1.60. The highest BCUT2D eigenvalue weighted by atomic mass is 16.5. The van der Waals surface area contributed by atoms with E-state index >= 15 is 0 Å². The largest absolute Gasteiger partial charge is 0.381 e. The Morgan fingerprint density at radius 3 is 2.40 bits per heavy atom. The molecular formula is C6H13NO3. The van der Waals surface area contributed by atoms with Crippen LogP contribution in [0, 0.1) is 5.92 Å². The van der Waals surface area contributed by atoms with Crippen molar-refractivity contribution in [2.24, 2.45) is 5.92 Å². The van der Waals surface area contributed by atoms with Crippen LogP contribution >= 0.6 is 0 Å². The van der Waals surface area contributed by atoms with Gasteiger partial charge in [0, 0.05) is 7.11 Å². The quantitative estimate of drug-likeness (QED) is 0.441. The Hall–Kier alpha value is -0.610. The molecule has 0 aromatic heterocycles. The Balaban J connectivity index is 3.81. The number of hydrogen-bond donors (Lipinski definition) is 2. The fraction of sp³-hybridized carbons (Fsp3) is 0.833. The predicted octanol–water partition coefficient (Wildman–Crippen LogP) is 0.163. The number of hydroxylamine groups is 1. The van der Waals surface area contributed by atoms with Gasteiger partial charge in [0.1, 0.15) is 0 Å². The first-order chi connectivity index (χ1) is 4.63. The molecule has 10 heavy (non-hydrogen) atoms. The Morgan fingerprint density at radius 1 is 1.60 bits per heavy atom. The molecule has 0 aromatic rings. The molecule has 0 heterocycles. The first kappa shape index (κ1) is 9.39. The van der Waals surface area contributed by atoms with Gasteiger partial charge >= 0.3 is 0 Å². The van der Waals surface area contributed by atoms with E-state index in [1.54, 1.807) is 19.3 Å². The van der Waals surface area contributed by atoms with E-state index in [1.807, 2.05) is 0 Å². The zero-order valence-electron chi connectivity index (χ0n) is 6.42. The van der Waals surface area contributed by atoms with Gasteiger partial charge in [0.05, 0.1) is 12.0 Å². The zero-order valence-corrected chi connectivity index (χ0v) is 6.42. The van der Waals surface area contributed by atoms with E-state index in [2.05, 4.69) is 0 Å². The Kier molecular flexibility index (Phi) is 3.99. The Morgan fingerprint density at radius 2 is 2.10 bits per heavy atom. The number of nitrogens with one attached hydrogen (secondary N) is 1. The second kappa shape index (κ2) is 4.24. The minimum absolute atomic E-state index is 0.174. The van der Waals surface area contributed by atoms with E-state index in [9.17, 15) is 4.79 Å². The number of methoxy groups -OCH3 is 1. The molecule has 4 heteroatoms. The summed E-state index contributed by atoms with van der Waals surface area (Å²) in [6.45, 7) is 3.44. The van der Waals surface area contributed by atoms with Gasteiger partial charge in [-0.25, -0.2) is 5.48 Å². The standard InChI is InChI=1S/C6H13NO3/c1-4(5(2)10-3)6(8)7-9/h4-5,9H,1-3H3,(H,7,8). The van der Waals surface area contributed by atoms with Crippen molar-refractivity contribution in [3.63, 3.8) is 0 Å². The molecule has 0 spiro atoms. The van der Waals surface area contributed by atoms with E-state index in [0.29, 0.717) is 0 Å². The second-order valence-electron chi connectivity index (χ2n) is 2.21. The highest BCUT2D eigenvalue weighted by Crippen LogP contribution is 2.04. The fourth-order valence-corrected chi connectivity index (χ4v) is 0.519. The summed E-state index contributed by atoms with van der Waals surface area (Å²) in [6.07, 6.45) is -0.174. The van der Waals surface area contributed by atoms with Gasteiger partial charge in [-0.05, 0) is 6.92 Å². The summed E-state index contributed by atoms with van der Waals surface area (Å²) in [5.41, 5.74) is 1.56. The highest BCUT2D eigenvalue weighted by molar-refractivity contribution is 5.77. The highest BCUT2D eigenvalue weighted by Gasteiger charge is 2.18. The van der Waals surface area contributed by atoms with Gasteiger partial charge in [-0.3, -0.25) is 10.0 Å². The molecule has 0 aromatic carbocycles. The molecule has 0 rings (SSSR count). The molecule has 0 saturated carbocycles. The summed E-state index contributed by atoms with van der Waals surface area (Å²) in [7, 11) is 1.52. The Labute approximate surface area is 60.1 Å². The van der Waals surface area contributed by atoms with E-state index in [1.165, 1.54) is 7.11 Å². The lowest BCUT2D eigenvalue weighted by atomic mass is 10.1. The SMILES string of the molecule is COC(C)C(C)C(=O)NO. The van der Waals surface area contributed by atoms with E-state index in [4.69, 9.17) is 9.94 Å². The van der Waals surface area contributed by atoms with Crippen molar-refractivity contribution in [3.8, 4) is 0 Å². The average Bonchev–Trinajstić information content (AvgIpc) is 2.00. The molecule has 60 valence electrons. The van der Waals surface area contributed by atoms with Crippen molar-refractivity contribution < 1.29 is 14.7 Å². The molecular weight excluding hydrogens is 134 g/mol. The van der Waals surface area contributed by atoms with Crippen molar-refractivity contribution in [2.45, 2.75) is 20.0 Å². The second-order valence-corrected chi connectivity index (χ2v) is 2.21. The molecule has 0 fully saturated rings. The predicted molar refractivity (Wildman–Crippen MR) is 35.6 cm³/mol. The van der Waals surface area contributed by atoms with Crippen molar-refractivity contribution in [2.75, 3.05) is 7.11 Å². The van der Waals surface area contributed by atoms with Crippen LogP contribution in [-0.4, -0.2) is 24.3 Å². The number of hydrogen-bond acceptors (Lipinski definition) is 3. The van der Waals surface area contributed by atoms with Crippen LogP contribution in [0.25, 0.3) is 0 Å². The first-order valence-corrected chi connectivity index (χ1v) is 3.10. The number of ether oxygens (including phenoxy) is 1. The molecule has 4 nitrogen and oxygen atoms in total. The van der Waals surface area contributed by atoms with E-state index in [0.717, 1.165) is 0 Å². The van der Waals surface area contributed by atoms with Crippen molar-refractivity contribution in [3.05, 3.63) is 0 Å². The van der Waals surface area contributed by atoms with Gasteiger partial charge < -0.3 is 4.74 Å². The van der Waals surface area contributed by atoms with E-state index in [-0.39, 0.29) is 12.0 Å². The first-order valence-electron chi connectivity index (χ1n) is 3.10. The van der Waals surface area contributed by atoms with E-state index < -0.39 is 5.91 Å². The zero-order chi connectivity index (χ0) is 8.15. The fourth-order valence-electron chi connectivity index (χ4n) is 0.519. The molecule has 0 bridgehead atoms. The number of carbonyl (C=O) groups excluding carboxylic acids is 1. The number of carbonyl (C=O) groups is 1. The summed E-state index contributed by atoms with van der Waals surface area (Å²) in [4.78, 5) is 10.7. The van der Waals surface area contributed by atoms with Crippen LogP contribution in [0.3, 0.4) is 0 Å².